The smallest absolute Gasteiger partial charge is 0.276 e. The van der Waals surface area contributed by atoms with Gasteiger partial charge in [-0.05, 0) is 37.5 Å². The molecule has 0 N–H and O–H groups in total. The molecule has 122 valence electrons. The minimum Gasteiger partial charge on any atom is -0.493 e. The average molecular weight is 316 g/mol. The Kier molecular flexibility index (Phi) is 4.23. The third kappa shape index (κ3) is 2.88. The molecule has 3 rings (SSSR count). The van der Waals surface area contributed by atoms with Crippen molar-refractivity contribution in [3.63, 3.8) is 0 Å². The van der Waals surface area contributed by atoms with Gasteiger partial charge in [0.15, 0.2) is 17.2 Å². The van der Waals surface area contributed by atoms with Crippen LogP contribution in [0.25, 0.3) is 0 Å². The van der Waals surface area contributed by atoms with Gasteiger partial charge >= 0.3 is 0 Å². The van der Waals surface area contributed by atoms with Gasteiger partial charge in [-0.1, -0.05) is 11.2 Å². The molecule has 1 aromatic carbocycles. The Balaban J connectivity index is 1.88. The van der Waals surface area contributed by atoms with Crippen molar-refractivity contribution in [2.24, 2.45) is 0 Å². The summed E-state index contributed by atoms with van der Waals surface area (Å²) in [4.78, 5) is 14.5. The average Bonchev–Trinajstić information content (AvgIpc) is 3.22. The molecule has 1 aliphatic rings. The first-order valence-corrected chi connectivity index (χ1v) is 7.60. The maximum Gasteiger partial charge on any atom is 0.276 e. The van der Waals surface area contributed by atoms with Crippen LogP contribution in [-0.4, -0.2) is 36.7 Å². The SMILES string of the molecule is COc1ccc([C@@H]2CCCN2C(=O)c2cc(C)on2)cc1OC. The van der Waals surface area contributed by atoms with E-state index in [1.165, 1.54) is 0 Å². The fraction of sp³-hybridized carbons (Fsp3) is 0.412. The lowest BCUT2D eigenvalue weighted by Gasteiger charge is -2.24. The topological polar surface area (TPSA) is 64.8 Å². The summed E-state index contributed by atoms with van der Waals surface area (Å²) in [6.45, 7) is 2.49. The first kappa shape index (κ1) is 15.4. The van der Waals surface area contributed by atoms with Crippen LogP contribution in [0.1, 0.15) is 40.7 Å². The fourth-order valence-corrected chi connectivity index (χ4v) is 3.03. The maximum atomic E-state index is 12.7. The summed E-state index contributed by atoms with van der Waals surface area (Å²) < 4.78 is 15.7. The van der Waals surface area contributed by atoms with Crippen LogP contribution in [0, 0.1) is 6.92 Å². The largest absolute Gasteiger partial charge is 0.493 e. The second kappa shape index (κ2) is 6.32. The molecule has 0 spiro atoms. The molecule has 1 atom stereocenters. The number of aryl methyl sites for hydroxylation is 1. The van der Waals surface area contributed by atoms with E-state index in [0.717, 1.165) is 18.4 Å². The molecule has 0 aliphatic carbocycles. The van der Waals surface area contributed by atoms with Gasteiger partial charge in [-0.2, -0.15) is 0 Å². The van der Waals surface area contributed by atoms with Crippen LogP contribution in [0.4, 0.5) is 0 Å². The van der Waals surface area contributed by atoms with E-state index in [-0.39, 0.29) is 11.9 Å². The van der Waals surface area contributed by atoms with E-state index in [4.69, 9.17) is 14.0 Å². The van der Waals surface area contributed by atoms with Crippen LogP contribution >= 0.6 is 0 Å². The monoisotopic (exact) mass is 316 g/mol. The number of carbonyl (C=O) groups excluding carboxylic acids is 1. The standard InChI is InChI=1S/C17H20N2O4/c1-11-9-13(18-23-11)17(20)19-8-4-5-14(19)12-6-7-15(21-2)16(10-12)22-3/h6-7,9-10,14H,4-5,8H2,1-3H3/t14-/m0/s1. The molecule has 1 saturated heterocycles. The number of methoxy groups -OCH3 is 2. The van der Waals surface area contributed by atoms with Gasteiger partial charge in [0.25, 0.3) is 5.91 Å². The fourth-order valence-electron chi connectivity index (χ4n) is 3.03. The van der Waals surface area contributed by atoms with Crippen LogP contribution in [0.5, 0.6) is 11.5 Å². The van der Waals surface area contributed by atoms with Crippen LogP contribution in [-0.2, 0) is 0 Å². The molecule has 1 fully saturated rings. The molecule has 1 aliphatic heterocycles. The molecule has 0 unspecified atom stereocenters. The van der Waals surface area contributed by atoms with Crippen molar-refractivity contribution in [3.8, 4) is 11.5 Å². The molecule has 6 nitrogen and oxygen atoms in total. The predicted molar refractivity (Wildman–Crippen MR) is 83.8 cm³/mol. The third-order valence-corrected chi connectivity index (χ3v) is 4.15. The van der Waals surface area contributed by atoms with E-state index >= 15 is 0 Å². The van der Waals surface area contributed by atoms with Crippen molar-refractivity contribution in [1.29, 1.82) is 0 Å². The van der Waals surface area contributed by atoms with Gasteiger partial charge in [0, 0.05) is 12.6 Å². The zero-order valence-electron chi connectivity index (χ0n) is 13.5. The number of hydrogen-bond donors (Lipinski definition) is 0. The van der Waals surface area contributed by atoms with Crippen molar-refractivity contribution in [3.05, 3.63) is 41.3 Å². The molecule has 0 saturated carbocycles. The van der Waals surface area contributed by atoms with Gasteiger partial charge in [0.1, 0.15) is 5.76 Å². The van der Waals surface area contributed by atoms with Crippen LogP contribution in [0.3, 0.4) is 0 Å². The molecular weight excluding hydrogens is 296 g/mol. The number of ether oxygens (including phenoxy) is 2. The van der Waals surface area contributed by atoms with Crippen molar-refractivity contribution >= 4 is 5.91 Å². The first-order chi connectivity index (χ1) is 11.1. The molecule has 0 bridgehead atoms. The highest BCUT2D eigenvalue weighted by Gasteiger charge is 2.32. The van der Waals surface area contributed by atoms with Crippen LogP contribution in [0.15, 0.2) is 28.8 Å². The van der Waals surface area contributed by atoms with Crippen molar-refractivity contribution in [2.45, 2.75) is 25.8 Å². The number of amides is 1. The lowest BCUT2D eigenvalue weighted by molar-refractivity contribution is 0.0725. The summed E-state index contributed by atoms with van der Waals surface area (Å²) in [7, 11) is 3.22. The van der Waals surface area contributed by atoms with Crippen LogP contribution < -0.4 is 9.47 Å². The van der Waals surface area contributed by atoms with E-state index < -0.39 is 0 Å². The van der Waals surface area contributed by atoms with E-state index in [2.05, 4.69) is 5.16 Å². The van der Waals surface area contributed by atoms with Gasteiger partial charge in [-0.3, -0.25) is 4.79 Å². The lowest BCUT2D eigenvalue weighted by atomic mass is 10.0. The van der Waals surface area contributed by atoms with Gasteiger partial charge < -0.3 is 18.9 Å². The zero-order chi connectivity index (χ0) is 16.4. The predicted octanol–water partition coefficient (Wildman–Crippen LogP) is 2.98. The number of carbonyl (C=O) groups is 1. The first-order valence-electron chi connectivity index (χ1n) is 7.60. The minimum absolute atomic E-state index is 0.0133. The highest BCUT2D eigenvalue weighted by molar-refractivity contribution is 5.92. The number of likely N-dealkylation sites (tertiary alicyclic amines) is 1. The summed E-state index contributed by atoms with van der Waals surface area (Å²) in [5.74, 6) is 1.88. The van der Waals surface area contributed by atoms with Gasteiger partial charge in [-0.25, -0.2) is 0 Å². The molecule has 2 aromatic rings. The third-order valence-electron chi connectivity index (χ3n) is 4.15. The van der Waals surface area contributed by atoms with Crippen molar-refractivity contribution in [2.75, 3.05) is 20.8 Å². The highest BCUT2D eigenvalue weighted by atomic mass is 16.5. The van der Waals surface area contributed by atoms with E-state index in [1.807, 2.05) is 23.1 Å². The molecule has 1 aromatic heterocycles. The summed E-state index contributed by atoms with van der Waals surface area (Å²) in [6.07, 6.45) is 1.87. The number of benzene rings is 1. The maximum absolute atomic E-state index is 12.7. The van der Waals surface area contributed by atoms with Crippen molar-refractivity contribution < 1.29 is 18.8 Å². The zero-order valence-corrected chi connectivity index (χ0v) is 13.5. The highest BCUT2D eigenvalue weighted by Crippen LogP contribution is 2.37. The summed E-state index contributed by atoms with van der Waals surface area (Å²) >= 11 is 0. The molecule has 0 radical (unpaired) electrons. The number of rotatable bonds is 4. The minimum atomic E-state index is -0.0980. The van der Waals surface area contributed by atoms with Crippen LogP contribution in [0.2, 0.25) is 0 Å². The summed E-state index contributed by atoms with van der Waals surface area (Å²) in [6, 6.07) is 7.47. The Morgan fingerprint density at radius 2 is 2.04 bits per heavy atom. The Morgan fingerprint density at radius 1 is 1.26 bits per heavy atom. The Morgan fingerprint density at radius 3 is 2.70 bits per heavy atom. The second-order valence-corrected chi connectivity index (χ2v) is 5.59. The van der Waals surface area contributed by atoms with Gasteiger partial charge in [-0.15, -0.1) is 0 Å². The number of aromatic nitrogens is 1. The van der Waals surface area contributed by atoms with E-state index in [1.54, 1.807) is 27.2 Å². The van der Waals surface area contributed by atoms with Crippen molar-refractivity contribution in [1.82, 2.24) is 10.1 Å². The molecule has 2 heterocycles. The quantitative estimate of drug-likeness (QED) is 0.867. The van der Waals surface area contributed by atoms with E-state index in [9.17, 15) is 4.79 Å². The number of nitrogens with zero attached hydrogens (tertiary/aromatic N) is 2. The van der Waals surface area contributed by atoms with Gasteiger partial charge in [0.2, 0.25) is 0 Å². The Hall–Kier alpha value is -2.50. The van der Waals surface area contributed by atoms with E-state index in [0.29, 0.717) is 29.5 Å². The summed E-state index contributed by atoms with van der Waals surface area (Å²) in [5.41, 5.74) is 1.39. The second-order valence-electron chi connectivity index (χ2n) is 5.59. The molecular formula is C17H20N2O4. The number of hydrogen-bond acceptors (Lipinski definition) is 5. The molecule has 6 heteroatoms. The lowest BCUT2D eigenvalue weighted by Crippen LogP contribution is -2.30. The molecule has 23 heavy (non-hydrogen) atoms. The normalized spacial score (nSPS) is 17.3. The summed E-state index contributed by atoms with van der Waals surface area (Å²) in [5, 5.41) is 3.84. The van der Waals surface area contributed by atoms with Gasteiger partial charge in [0.05, 0.1) is 20.3 Å². The molecule has 1 amide bonds. The Bertz CT molecular complexity index is 710. The Labute approximate surface area is 135 Å².